The topological polar surface area (TPSA) is 72.4 Å². The summed E-state index contributed by atoms with van der Waals surface area (Å²) in [6.07, 6.45) is 0. The van der Waals surface area contributed by atoms with Gasteiger partial charge in [-0.25, -0.2) is 0 Å². The van der Waals surface area contributed by atoms with Crippen molar-refractivity contribution in [3.8, 4) is 17.3 Å². The van der Waals surface area contributed by atoms with E-state index in [0.29, 0.717) is 5.69 Å². The number of nitrogens with zero attached hydrogens (tertiary/aromatic N) is 1. The van der Waals surface area contributed by atoms with Gasteiger partial charge in [0.1, 0.15) is 11.6 Å². The minimum Gasteiger partial charge on any atom is -0.331 e. The number of hydrogen-bond acceptors (Lipinski definition) is 3. The summed E-state index contributed by atoms with van der Waals surface area (Å²) >= 11 is 4.91. The Hall–Kier alpha value is -2.19. The smallest absolute Gasteiger partial charge is 0.270 e. The van der Waals surface area contributed by atoms with Gasteiger partial charge in [-0.3, -0.25) is 9.78 Å². The van der Waals surface area contributed by atoms with Crippen LogP contribution in [0.3, 0.4) is 0 Å². The molecule has 4 nitrogen and oxygen atoms in total. The highest BCUT2D eigenvalue weighted by Gasteiger charge is 2.09. The third-order valence-corrected chi connectivity index (χ3v) is 2.57. The molecule has 0 saturated heterocycles. The highest BCUT2D eigenvalue weighted by Crippen LogP contribution is 2.19. The van der Waals surface area contributed by atoms with Crippen molar-refractivity contribution in [2.24, 2.45) is 0 Å². The van der Waals surface area contributed by atoms with Crippen LogP contribution >= 0.6 is 12.2 Å². The zero-order valence-corrected chi connectivity index (χ0v) is 9.89. The molecule has 0 aliphatic carbocycles. The summed E-state index contributed by atoms with van der Waals surface area (Å²) < 4.78 is 0.213. The molecule has 2 N–H and O–H groups in total. The zero-order chi connectivity index (χ0) is 12.4. The molecule has 0 amide bonds. The maximum Gasteiger partial charge on any atom is 0.270 e. The number of H-pyrrole nitrogens is 2. The largest absolute Gasteiger partial charge is 0.331 e. The molecule has 0 radical (unpaired) electrons. The van der Waals surface area contributed by atoms with Gasteiger partial charge in [0.15, 0.2) is 4.77 Å². The van der Waals surface area contributed by atoms with Gasteiger partial charge in [0.05, 0.1) is 5.69 Å². The van der Waals surface area contributed by atoms with Crippen LogP contribution in [-0.4, -0.2) is 9.97 Å². The lowest BCUT2D eigenvalue weighted by Crippen LogP contribution is -2.13. The molecule has 2 rings (SSSR count). The quantitative estimate of drug-likeness (QED) is 0.755. The number of aromatic amines is 2. The molecule has 0 saturated carbocycles. The van der Waals surface area contributed by atoms with E-state index < -0.39 is 5.56 Å². The molecule has 5 heteroatoms. The summed E-state index contributed by atoms with van der Waals surface area (Å²) in [5.41, 5.74) is 1.87. The molecule has 2 aromatic rings. The van der Waals surface area contributed by atoms with Crippen molar-refractivity contribution in [3.63, 3.8) is 0 Å². The van der Waals surface area contributed by atoms with Gasteiger partial charge in [0, 0.05) is 0 Å². The van der Waals surface area contributed by atoms with Crippen molar-refractivity contribution < 1.29 is 0 Å². The number of rotatable bonds is 1. The molecule has 0 aliphatic heterocycles. The predicted octanol–water partition coefficient (Wildman–Crippen LogP) is 2.28. The molecule has 1 heterocycles. The average Bonchev–Trinajstić information content (AvgIpc) is 2.28. The van der Waals surface area contributed by atoms with E-state index in [1.165, 1.54) is 0 Å². The summed E-state index contributed by atoms with van der Waals surface area (Å²) in [5, 5.41) is 9.00. The van der Waals surface area contributed by atoms with Crippen molar-refractivity contribution in [2.75, 3.05) is 0 Å². The van der Waals surface area contributed by atoms with E-state index in [9.17, 15) is 4.79 Å². The van der Waals surface area contributed by atoms with Crippen molar-refractivity contribution in [1.29, 1.82) is 5.26 Å². The summed E-state index contributed by atoms with van der Waals surface area (Å²) in [6.45, 7) is 1.94. The molecule has 0 spiro atoms. The van der Waals surface area contributed by atoms with Crippen LogP contribution in [0.2, 0.25) is 0 Å². The van der Waals surface area contributed by atoms with Crippen LogP contribution in [0, 0.1) is 23.0 Å². The second kappa shape index (κ2) is 4.36. The Labute approximate surface area is 103 Å². The van der Waals surface area contributed by atoms with Gasteiger partial charge in [-0.05, 0) is 30.8 Å². The van der Waals surface area contributed by atoms with E-state index in [4.69, 9.17) is 17.5 Å². The fourth-order valence-electron chi connectivity index (χ4n) is 1.61. The molecule has 0 bridgehead atoms. The fourth-order valence-corrected chi connectivity index (χ4v) is 1.80. The van der Waals surface area contributed by atoms with Crippen molar-refractivity contribution in [1.82, 2.24) is 9.97 Å². The monoisotopic (exact) mass is 243 g/mol. The van der Waals surface area contributed by atoms with Crippen LogP contribution in [0.5, 0.6) is 0 Å². The van der Waals surface area contributed by atoms with Crippen LogP contribution in [0.1, 0.15) is 11.1 Å². The van der Waals surface area contributed by atoms with E-state index in [2.05, 4.69) is 9.97 Å². The molecule has 17 heavy (non-hydrogen) atoms. The highest BCUT2D eigenvalue weighted by molar-refractivity contribution is 7.71. The summed E-state index contributed by atoms with van der Waals surface area (Å²) in [6, 6.07) is 9.41. The first-order chi connectivity index (χ1) is 8.11. The molecular weight excluding hydrogens is 234 g/mol. The number of aryl methyl sites for hydroxylation is 1. The van der Waals surface area contributed by atoms with Gasteiger partial charge in [-0.15, -0.1) is 0 Å². The van der Waals surface area contributed by atoms with E-state index in [1.807, 2.05) is 37.3 Å². The fraction of sp³-hybridized carbons (Fsp3) is 0.0833. The first kappa shape index (κ1) is 11.3. The van der Waals surface area contributed by atoms with Crippen molar-refractivity contribution >= 4 is 12.2 Å². The summed E-state index contributed by atoms with van der Waals surface area (Å²) in [4.78, 5) is 16.8. The van der Waals surface area contributed by atoms with E-state index in [1.54, 1.807) is 0 Å². The number of hydrogen-bond donors (Lipinski definition) is 2. The van der Waals surface area contributed by atoms with Crippen molar-refractivity contribution in [3.05, 3.63) is 50.5 Å². The Kier molecular flexibility index (Phi) is 2.90. The van der Waals surface area contributed by atoms with Crippen molar-refractivity contribution in [2.45, 2.75) is 6.92 Å². The lowest BCUT2D eigenvalue weighted by atomic mass is 10.1. The van der Waals surface area contributed by atoms with Crippen LogP contribution in [0.4, 0.5) is 0 Å². The average molecular weight is 243 g/mol. The van der Waals surface area contributed by atoms with Gasteiger partial charge in [-0.2, -0.15) is 5.26 Å². The Morgan fingerprint density at radius 1 is 1.35 bits per heavy atom. The van der Waals surface area contributed by atoms with Gasteiger partial charge < -0.3 is 4.98 Å². The molecule has 1 aromatic heterocycles. The van der Waals surface area contributed by atoms with E-state index in [0.717, 1.165) is 11.1 Å². The number of benzene rings is 1. The summed E-state index contributed by atoms with van der Waals surface area (Å²) in [7, 11) is 0. The number of aromatic nitrogens is 2. The van der Waals surface area contributed by atoms with Gasteiger partial charge in [0.25, 0.3) is 5.56 Å². The van der Waals surface area contributed by atoms with E-state index in [-0.39, 0.29) is 10.3 Å². The lowest BCUT2D eigenvalue weighted by Gasteiger charge is -2.04. The number of nitriles is 1. The first-order valence-corrected chi connectivity index (χ1v) is 5.36. The van der Waals surface area contributed by atoms with Crippen LogP contribution in [0.15, 0.2) is 29.1 Å². The first-order valence-electron chi connectivity index (χ1n) is 4.95. The second-order valence-corrected chi connectivity index (χ2v) is 4.05. The SMILES string of the molecule is Cc1cccc(-c2[nH]c(=S)[nH]c(=O)c2C#N)c1. The molecule has 0 fully saturated rings. The highest BCUT2D eigenvalue weighted by atomic mass is 32.1. The molecule has 0 aliphatic rings. The maximum atomic E-state index is 11.6. The maximum absolute atomic E-state index is 11.6. The van der Waals surface area contributed by atoms with Crippen LogP contribution in [0.25, 0.3) is 11.3 Å². The van der Waals surface area contributed by atoms with Crippen LogP contribution < -0.4 is 5.56 Å². The minimum absolute atomic E-state index is 0.0456. The molecule has 0 unspecified atom stereocenters. The standard InChI is InChI=1S/C12H9N3OS/c1-7-3-2-4-8(5-7)10-9(6-13)11(16)15-12(17)14-10/h2-5H,1H3,(H2,14,15,16,17). The lowest BCUT2D eigenvalue weighted by molar-refractivity contribution is 1.08. The Morgan fingerprint density at radius 3 is 2.76 bits per heavy atom. The van der Waals surface area contributed by atoms with Crippen LogP contribution in [-0.2, 0) is 0 Å². The Morgan fingerprint density at radius 2 is 2.12 bits per heavy atom. The van der Waals surface area contributed by atoms with Gasteiger partial charge >= 0.3 is 0 Å². The molecule has 0 atom stereocenters. The Balaban J connectivity index is 2.80. The second-order valence-electron chi connectivity index (χ2n) is 3.64. The van der Waals surface area contributed by atoms with Gasteiger partial charge in [0.2, 0.25) is 0 Å². The Bertz CT molecular complexity index is 722. The molecular formula is C12H9N3OS. The van der Waals surface area contributed by atoms with Gasteiger partial charge in [-0.1, -0.05) is 23.8 Å². The number of nitrogens with one attached hydrogen (secondary N) is 2. The molecule has 84 valence electrons. The predicted molar refractivity (Wildman–Crippen MR) is 67.1 cm³/mol. The summed E-state index contributed by atoms with van der Waals surface area (Å²) in [5.74, 6) is 0. The molecule has 1 aromatic carbocycles. The van der Waals surface area contributed by atoms with E-state index >= 15 is 0 Å². The minimum atomic E-state index is -0.465. The third-order valence-electron chi connectivity index (χ3n) is 2.36. The zero-order valence-electron chi connectivity index (χ0n) is 9.07. The third kappa shape index (κ3) is 2.17. The normalized spacial score (nSPS) is 9.88.